The Balaban J connectivity index is 0.763. The van der Waals surface area contributed by atoms with Crippen molar-refractivity contribution in [3.8, 4) is 0 Å². The molecule has 0 aromatic heterocycles. The molecule has 4 fully saturated rings. The molecular formula is C117H121NO25. The number of hydrogen-bond acceptors (Lipinski definition) is 25. The highest BCUT2D eigenvalue weighted by Crippen LogP contribution is 2.40. The van der Waals surface area contributed by atoms with Crippen molar-refractivity contribution in [2.24, 2.45) is 0 Å². The van der Waals surface area contributed by atoms with Gasteiger partial charge >= 0.3 is 5.97 Å². The third kappa shape index (κ3) is 29.6. The molecule has 0 bridgehead atoms. The van der Waals surface area contributed by atoms with E-state index in [-0.39, 0.29) is 117 Å². The highest BCUT2D eigenvalue weighted by Gasteiger charge is 2.56. The van der Waals surface area contributed by atoms with Gasteiger partial charge in [0.1, 0.15) is 97.7 Å². The minimum Gasteiger partial charge on any atom is -0.465 e. The van der Waals surface area contributed by atoms with E-state index < -0.39 is 146 Å². The topological polar surface area (TPSA) is 274 Å². The van der Waals surface area contributed by atoms with Gasteiger partial charge in [0.2, 0.25) is 0 Å². The first-order valence-corrected chi connectivity index (χ1v) is 48.5. The van der Waals surface area contributed by atoms with Gasteiger partial charge < -0.3 is 105 Å². The lowest BCUT2D eigenvalue weighted by Crippen LogP contribution is -2.65. The average molecular weight is 1940 g/mol. The minimum absolute atomic E-state index is 0.00184. The van der Waals surface area contributed by atoms with Crippen LogP contribution in [0.2, 0.25) is 0 Å². The van der Waals surface area contributed by atoms with Crippen molar-refractivity contribution >= 4 is 11.7 Å². The number of hydrogen-bond donors (Lipinski definition) is 1. The molecule has 20 atom stereocenters. The summed E-state index contributed by atoms with van der Waals surface area (Å²) in [4.78, 5) is 25.5. The second kappa shape index (κ2) is 54.0. The molecule has 0 aliphatic carbocycles. The van der Waals surface area contributed by atoms with Crippen LogP contribution >= 0.6 is 0 Å². The van der Waals surface area contributed by atoms with Crippen LogP contribution in [0.15, 0.2) is 382 Å². The van der Waals surface area contributed by atoms with Gasteiger partial charge in [0.15, 0.2) is 25.2 Å². The summed E-state index contributed by atoms with van der Waals surface area (Å²) >= 11 is 0. The minimum atomic E-state index is -1.49. The Morgan fingerprint density at radius 2 is 0.469 bits per heavy atom. The van der Waals surface area contributed by atoms with Crippen LogP contribution in [0.3, 0.4) is 0 Å². The number of methoxy groups -OCH3 is 1. The van der Waals surface area contributed by atoms with Gasteiger partial charge in [0.05, 0.1) is 135 Å². The van der Waals surface area contributed by atoms with Crippen LogP contribution in [0.4, 0.5) is 5.69 Å². The van der Waals surface area contributed by atoms with Gasteiger partial charge in [-0.25, -0.2) is 4.79 Å². The number of nitro benzene ring substituents is 1. The number of rotatable bonds is 51. The van der Waals surface area contributed by atoms with Gasteiger partial charge in [-0.05, 0) is 78.9 Å². The third-order valence-corrected chi connectivity index (χ3v) is 25.3. The number of nitrogens with zero attached hydrogens (tertiary/aromatic N) is 1. The molecule has 4 saturated heterocycles. The molecule has 2 unspecified atom stereocenters. The normalized spacial score (nSPS) is 24.3. The maximum atomic E-state index is 13.2. The Bertz CT molecular complexity index is 5840. The SMILES string of the molecule is COC(=O)c1ccc(CO[C@H]2O[C@H](COC3O[C@H](COC4O[C@H](CO[C@H]5O[C@H](COCc6ccccc6)[C@@H](OCc6ccccc6)[C@H](OCc6ccccc6)[C@@H]5O)[C@@H](OCc5ccccc5)[C@H](OCc5ccccc5)[C@@H]4OCc4ccccc4)[C@@H](OCc4ccccc4)[C@H](OCc4ccccc4)[C@@H]3OCc3ccccc3)[C@@H](OCc3ccccc3)[C@H](OCc3ccccc3)[C@@H]2OCc2ccccc2)c([N+](=O)[O-])c1. The predicted octanol–water partition coefficient (Wildman–Crippen LogP) is 18.9. The molecule has 143 heavy (non-hydrogen) atoms. The lowest BCUT2D eigenvalue weighted by molar-refractivity contribution is -0.386. The van der Waals surface area contributed by atoms with Gasteiger partial charge in [-0.15, -0.1) is 0 Å². The second-order valence-corrected chi connectivity index (χ2v) is 35.4. The smallest absolute Gasteiger partial charge is 0.338 e. The molecule has 744 valence electrons. The molecule has 13 aromatic carbocycles. The van der Waals surface area contributed by atoms with E-state index in [1.165, 1.54) is 19.2 Å². The number of ether oxygens (including phenoxy) is 21. The van der Waals surface area contributed by atoms with Crippen LogP contribution in [0.1, 0.15) is 82.7 Å². The van der Waals surface area contributed by atoms with Gasteiger partial charge in [-0.1, -0.05) is 364 Å². The lowest BCUT2D eigenvalue weighted by atomic mass is 9.96. The van der Waals surface area contributed by atoms with Gasteiger partial charge in [0, 0.05) is 6.07 Å². The largest absolute Gasteiger partial charge is 0.465 e. The summed E-state index contributed by atoms with van der Waals surface area (Å²) in [6.45, 7) is -0.502. The summed E-state index contributed by atoms with van der Waals surface area (Å²) in [5.41, 5.74) is 9.85. The van der Waals surface area contributed by atoms with Crippen LogP contribution in [0, 0.1) is 10.1 Å². The fraction of sp³-hybridized carbons (Fsp3) is 0.325. The van der Waals surface area contributed by atoms with E-state index in [0.717, 1.165) is 72.8 Å². The molecule has 0 amide bonds. The average Bonchev–Trinajstić information content (AvgIpc) is 0.766. The summed E-state index contributed by atoms with van der Waals surface area (Å²) in [5.74, 6) is -0.764. The first-order valence-electron chi connectivity index (χ1n) is 48.5. The van der Waals surface area contributed by atoms with Crippen LogP contribution < -0.4 is 0 Å². The summed E-state index contributed by atoms with van der Waals surface area (Å²) in [6.07, 6.45) is -23.3. The summed E-state index contributed by atoms with van der Waals surface area (Å²) < 4.78 is 150. The van der Waals surface area contributed by atoms with Gasteiger partial charge in [-0.2, -0.15) is 0 Å². The molecule has 4 aliphatic heterocycles. The van der Waals surface area contributed by atoms with E-state index in [4.69, 9.17) is 99.5 Å². The van der Waals surface area contributed by atoms with Crippen molar-refractivity contribution < 1.29 is 114 Å². The number of aliphatic hydroxyl groups excluding tert-OH is 1. The monoisotopic (exact) mass is 1940 g/mol. The van der Waals surface area contributed by atoms with Crippen LogP contribution in [0.25, 0.3) is 0 Å². The van der Waals surface area contributed by atoms with Crippen molar-refractivity contribution in [2.45, 2.75) is 209 Å². The van der Waals surface area contributed by atoms with E-state index in [1.54, 1.807) is 0 Å². The predicted molar refractivity (Wildman–Crippen MR) is 529 cm³/mol. The number of carbonyl (C=O) groups is 1. The van der Waals surface area contributed by atoms with E-state index in [0.29, 0.717) is 0 Å². The number of nitro groups is 1. The fourth-order valence-electron chi connectivity index (χ4n) is 17.8. The zero-order chi connectivity index (χ0) is 97.8. The first kappa shape index (κ1) is 102. The Labute approximate surface area is 833 Å². The maximum absolute atomic E-state index is 13.2. The first-order chi connectivity index (χ1) is 70.5. The van der Waals surface area contributed by atoms with E-state index in [1.807, 2.05) is 364 Å². The Hall–Kier alpha value is -12.1. The van der Waals surface area contributed by atoms with Crippen LogP contribution in [-0.4, -0.2) is 172 Å². The van der Waals surface area contributed by atoms with Gasteiger partial charge in [-0.3, -0.25) is 10.1 Å². The highest BCUT2D eigenvalue weighted by atomic mass is 16.8. The molecule has 0 saturated carbocycles. The quantitative estimate of drug-likeness (QED) is 0.0211. The van der Waals surface area contributed by atoms with Crippen molar-refractivity contribution in [3.63, 3.8) is 0 Å². The maximum Gasteiger partial charge on any atom is 0.338 e. The molecule has 0 radical (unpaired) electrons. The third-order valence-electron chi connectivity index (χ3n) is 25.3. The summed E-state index contributed by atoms with van der Waals surface area (Å²) in [6, 6.07) is 121. The highest BCUT2D eigenvalue weighted by molar-refractivity contribution is 5.90. The number of carbonyl (C=O) groups excluding carboxylic acids is 1. The molecule has 0 spiro atoms. The van der Waals surface area contributed by atoms with E-state index >= 15 is 0 Å². The Morgan fingerprint density at radius 1 is 0.252 bits per heavy atom. The van der Waals surface area contributed by atoms with Crippen molar-refractivity contribution in [1.29, 1.82) is 0 Å². The lowest BCUT2D eigenvalue weighted by Gasteiger charge is -2.49. The molecule has 26 nitrogen and oxygen atoms in total. The van der Waals surface area contributed by atoms with Crippen molar-refractivity contribution in [2.75, 3.05) is 33.5 Å². The van der Waals surface area contributed by atoms with Gasteiger partial charge in [0.25, 0.3) is 5.69 Å². The molecular weight excluding hydrogens is 1820 g/mol. The number of benzene rings is 13. The Morgan fingerprint density at radius 3 is 0.734 bits per heavy atom. The molecule has 26 heteroatoms. The van der Waals surface area contributed by atoms with Crippen LogP contribution in [-0.2, 0) is 185 Å². The summed E-state index contributed by atoms with van der Waals surface area (Å²) in [5, 5.41) is 26.3. The zero-order valence-electron chi connectivity index (χ0n) is 79.6. The van der Waals surface area contributed by atoms with E-state index in [9.17, 15) is 20.0 Å². The molecule has 4 heterocycles. The Kier molecular flexibility index (Phi) is 38.7. The molecule has 13 aromatic rings. The molecule has 4 aliphatic rings. The molecule has 1 N–H and O–H groups in total. The van der Waals surface area contributed by atoms with Crippen molar-refractivity contribution in [3.05, 3.63) is 470 Å². The number of esters is 1. The van der Waals surface area contributed by atoms with Crippen molar-refractivity contribution in [1.82, 2.24) is 0 Å². The summed E-state index contributed by atoms with van der Waals surface area (Å²) in [7, 11) is 1.20. The second-order valence-electron chi connectivity index (χ2n) is 35.4. The molecule has 17 rings (SSSR count). The fourth-order valence-corrected chi connectivity index (χ4v) is 17.8. The number of aliphatic hydroxyl groups is 1. The van der Waals surface area contributed by atoms with Crippen LogP contribution in [0.5, 0.6) is 0 Å². The standard InChI is InChI=1S/C117H121NO25/c1-123-113(120)94-62-63-95(96(64-94)118(121)122)77-136-115-110(133-74-91-56-32-11-33-57-91)107(130-71-88-50-26-8-27-51-88)104(127-68-85-44-20-5-21-45-85)99(141-115)80-138-117-112(135-76-93-60-36-13-37-61-93)109(132-73-90-54-30-10-31-55-90)105(128-69-86-46-22-6-23-47-86)100(143-117)81-139-116-111(134-75-92-58-34-12-35-59-92)108(131-72-89-52-28-9-29-53-89)103(126-67-84-42-18-4-19-43-84)98(142-116)79-137-114-101(119)106(129-70-87-48-24-7-25-49-87)102(125-66-83-40-16-3-17-41-83)97(140-114)78-124-65-82-38-14-2-15-39-82/h2-64,97-112,114-117,119H,65-81H2,1H3/t97-,98-,99-,100-,101+,102-,103-,104-,105-,106-,107+,108+,109+,110+,111+,112+,114+,115+,116?,117?/m1/s1. The zero-order valence-corrected chi connectivity index (χ0v) is 79.6. The van der Waals surface area contributed by atoms with E-state index in [2.05, 4.69) is 0 Å².